The predicted molar refractivity (Wildman–Crippen MR) is 65.4 cm³/mol. The van der Waals surface area contributed by atoms with Crippen LogP contribution in [0.2, 0.25) is 0 Å². The number of amides is 1. The lowest BCUT2D eigenvalue weighted by molar-refractivity contribution is -0.137. The van der Waals surface area contributed by atoms with Gasteiger partial charge in [0.2, 0.25) is 5.91 Å². The molecule has 0 aromatic carbocycles. The van der Waals surface area contributed by atoms with Crippen molar-refractivity contribution in [2.75, 3.05) is 19.4 Å². The average Bonchev–Trinajstić information content (AvgIpc) is 2.26. The summed E-state index contributed by atoms with van der Waals surface area (Å²) in [5, 5.41) is 9.24. The molecule has 1 N–H and O–H groups in total. The van der Waals surface area contributed by atoms with Crippen molar-refractivity contribution in [3.05, 3.63) is 0 Å². The monoisotopic (exact) mass is 263 g/mol. The number of hydrogen-bond acceptors (Lipinski definition) is 4. The summed E-state index contributed by atoms with van der Waals surface area (Å²) in [5.74, 6) is -0.404. The molecule has 1 heterocycles. The highest BCUT2D eigenvalue weighted by molar-refractivity contribution is 7.92. The number of hydrogen-bond donors (Lipinski definition) is 1. The number of aliphatic hydroxyl groups is 1. The summed E-state index contributed by atoms with van der Waals surface area (Å²) in [6.07, 6.45) is 3.64. The Bertz CT molecular complexity index is 388. The molecule has 100 valence electrons. The number of likely N-dealkylation sites (tertiary alicyclic amines) is 1. The van der Waals surface area contributed by atoms with E-state index in [4.69, 9.17) is 0 Å². The summed E-state index contributed by atoms with van der Waals surface area (Å²) in [6, 6.07) is -0.239. The number of piperidine rings is 1. The zero-order valence-electron chi connectivity index (χ0n) is 10.6. The normalized spacial score (nSPS) is 22.6. The van der Waals surface area contributed by atoms with E-state index in [1.807, 2.05) is 0 Å². The van der Waals surface area contributed by atoms with Crippen LogP contribution < -0.4 is 0 Å². The van der Waals surface area contributed by atoms with Gasteiger partial charge in [0, 0.05) is 12.8 Å². The number of rotatable bonds is 3. The van der Waals surface area contributed by atoms with Crippen LogP contribution in [0.25, 0.3) is 0 Å². The molecule has 1 amide bonds. The van der Waals surface area contributed by atoms with Crippen molar-refractivity contribution in [3.63, 3.8) is 0 Å². The molecule has 1 saturated heterocycles. The van der Waals surface area contributed by atoms with Crippen molar-refractivity contribution < 1.29 is 18.3 Å². The standard InChI is InChI=1S/C11H21NO4S/c1-11(2,17(3,15)16)10(14)12-7-5-4-6-9(12)8-13/h9,13H,4-8H2,1-3H3. The van der Waals surface area contributed by atoms with Gasteiger partial charge in [-0.2, -0.15) is 0 Å². The largest absolute Gasteiger partial charge is 0.394 e. The quantitative estimate of drug-likeness (QED) is 0.788. The van der Waals surface area contributed by atoms with E-state index in [1.165, 1.54) is 18.7 Å². The second kappa shape index (κ2) is 4.94. The Morgan fingerprint density at radius 2 is 2.00 bits per heavy atom. The van der Waals surface area contributed by atoms with Crippen LogP contribution in [-0.2, 0) is 14.6 Å². The number of aliphatic hydroxyl groups excluding tert-OH is 1. The fourth-order valence-electron chi connectivity index (χ4n) is 1.96. The topological polar surface area (TPSA) is 74.7 Å². The lowest BCUT2D eigenvalue weighted by Crippen LogP contribution is -2.55. The molecule has 0 bridgehead atoms. The maximum Gasteiger partial charge on any atom is 0.243 e. The van der Waals surface area contributed by atoms with Crippen molar-refractivity contribution in [2.45, 2.75) is 43.9 Å². The van der Waals surface area contributed by atoms with Crippen molar-refractivity contribution in [1.29, 1.82) is 0 Å². The van der Waals surface area contributed by atoms with E-state index >= 15 is 0 Å². The Morgan fingerprint density at radius 1 is 1.41 bits per heavy atom. The van der Waals surface area contributed by atoms with Gasteiger partial charge in [0.25, 0.3) is 0 Å². The van der Waals surface area contributed by atoms with Crippen LogP contribution in [0.3, 0.4) is 0 Å². The summed E-state index contributed by atoms with van der Waals surface area (Å²) in [5.41, 5.74) is 0. The first-order valence-electron chi connectivity index (χ1n) is 5.83. The Morgan fingerprint density at radius 3 is 2.47 bits per heavy atom. The fourth-order valence-corrected chi connectivity index (χ4v) is 2.40. The van der Waals surface area contributed by atoms with Gasteiger partial charge in [0.05, 0.1) is 12.6 Å². The summed E-state index contributed by atoms with van der Waals surface area (Å²) >= 11 is 0. The molecule has 1 aliphatic rings. The Hall–Kier alpha value is -0.620. The highest BCUT2D eigenvalue weighted by Crippen LogP contribution is 2.24. The van der Waals surface area contributed by atoms with Crippen LogP contribution >= 0.6 is 0 Å². The Kier molecular flexibility index (Phi) is 4.19. The molecular weight excluding hydrogens is 242 g/mol. The van der Waals surface area contributed by atoms with Crippen molar-refractivity contribution >= 4 is 15.7 Å². The third-order valence-corrected chi connectivity index (χ3v) is 5.57. The third kappa shape index (κ3) is 2.80. The first-order valence-corrected chi connectivity index (χ1v) is 7.72. The second-order valence-electron chi connectivity index (χ2n) is 5.11. The maximum absolute atomic E-state index is 12.3. The molecule has 1 fully saturated rings. The SMILES string of the molecule is CC(C)(C(=O)N1CCCCC1CO)S(C)(=O)=O. The van der Waals surface area contributed by atoms with Crippen LogP contribution in [0.5, 0.6) is 0 Å². The van der Waals surface area contributed by atoms with E-state index in [0.29, 0.717) is 6.54 Å². The van der Waals surface area contributed by atoms with Crippen molar-refractivity contribution in [1.82, 2.24) is 4.90 Å². The molecule has 1 aliphatic heterocycles. The van der Waals surface area contributed by atoms with Crippen LogP contribution in [0.1, 0.15) is 33.1 Å². The predicted octanol–water partition coefficient (Wildman–Crippen LogP) is 0.183. The molecule has 0 saturated carbocycles. The van der Waals surface area contributed by atoms with Gasteiger partial charge in [0.15, 0.2) is 9.84 Å². The molecular formula is C11H21NO4S. The summed E-state index contributed by atoms with van der Waals surface area (Å²) in [6.45, 7) is 3.27. The van der Waals surface area contributed by atoms with Gasteiger partial charge < -0.3 is 10.0 Å². The van der Waals surface area contributed by atoms with Crippen LogP contribution in [0.15, 0.2) is 0 Å². The van der Waals surface area contributed by atoms with Gasteiger partial charge in [-0.25, -0.2) is 8.42 Å². The highest BCUT2D eigenvalue weighted by atomic mass is 32.2. The molecule has 1 rings (SSSR count). The molecule has 17 heavy (non-hydrogen) atoms. The molecule has 0 aromatic rings. The zero-order chi connectivity index (χ0) is 13.3. The van der Waals surface area contributed by atoms with E-state index in [-0.39, 0.29) is 12.6 Å². The first-order chi connectivity index (χ1) is 7.71. The van der Waals surface area contributed by atoms with Crippen LogP contribution in [0, 0.1) is 0 Å². The summed E-state index contributed by atoms with van der Waals surface area (Å²) < 4.78 is 21.8. The molecule has 1 atom stereocenters. The minimum Gasteiger partial charge on any atom is -0.394 e. The summed E-state index contributed by atoms with van der Waals surface area (Å²) in [4.78, 5) is 13.8. The number of carbonyl (C=O) groups is 1. The smallest absolute Gasteiger partial charge is 0.243 e. The maximum atomic E-state index is 12.3. The highest BCUT2D eigenvalue weighted by Gasteiger charge is 2.43. The molecule has 0 spiro atoms. The van der Waals surface area contributed by atoms with E-state index < -0.39 is 20.5 Å². The molecule has 5 nitrogen and oxygen atoms in total. The number of sulfone groups is 1. The number of carbonyl (C=O) groups excluding carboxylic acids is 1. The fraction of sp³-hybridized carbons (Fsp3) is 0.909. The van der Waals surface area contributed by atoms with Gasteiger partial charge in [-0.15, -0.1) is 0 Å². The van der Waals surface area contributed by atoms with Crippen LogP contribution in [-0.4, -0.2) is 54.5 Å². The number of nitrogens with zero attached hydrogens (tertiary/aromatic N) is 1. The van der Waals surface area contributed by atoms with Crippen molar-refractivity contribution in [2.24, 2.45) is 0 Å². The van der Waals surface area contributed by atoms with E-state index in [0.717, 1.165) is 25.5 Å². The van der Waals surface area contributed by atoms with Gasteiger partial charge in [-0.05, 0) is 33.1 Å². The van der Waals surface area contributed by atoms with E-state index in [2.05, 4.69) is 0 Å². The average molecular weight is 263 g/mol. The van der Waals surface area contributed by atoms with Gasteiger partial charge in [0.1, 0.15) is 4.75 Å². The second-order valence-corrected chi connectivity index (χ2v) is 7.68. The van der Waals surface area contributed by atoms with Gasteiger partial charge in [-0.3, -0.25) is 4.79 Å². The molecule has 6 heteroatoms. The minimum atomic E-state index is -3.46. The zero-order valence-corrected chi connectivity index (χ0v) is 11.5. The Labute approximate surface area is 103 Å². The molecule has 0 radical (unpaired) electrons. The van der Waals surface area contributed by atoms with E-state index in [9.17, 15) is 18.3 Å². The third-order valence-electron chi connectivity index (χ3n) is 3.54. The van der Waals surface area contributed by atoms with Gasteiger partial charge in [-0.1, -0.05) is 0 Å². The molecule has 0 aromatic heterocycles. The van der Waals surface area contributed by atoms with E-state index in [1.54, 1.807) is 0 Å². The van der Waals surface area contributed by atoms with Crippen molar-refractivity contribution in [3.8, 4) is 0 Å². The minimum absolute atomic E-state index is 0.106. The van der Waals surface area contributed by atoms with Gasteiger partial charge >= 0.3 is 0 Å². The van der Waals surface area contributed by atoms with Crippen LogP contribution in [0.4, 0.5) is 0 Å². The first kappa shape index (κ1) is 14.4. The Balaban J connectivity index is 2.95. The summed E-state index contributed by atoms with van der Waals surface area (Å²) in [7, 11) is -3.46. The lowest BCUT2D eigenvalue weighted by atomic mass is 10.0. The lowest BCUT2D eigenvalue weighted by Gasteiger charge is -2.38. The molecule has 1 unspecified atom stereocenters. The molecule has 0 aliphatic carbocycles.